The molecule has 0 bridgehead atoms. The smallest absolute Gasteiger partial charge is 0.337 e. The van der Waals surface area contributed by atoms with Crippen molar-refractivity contribution in [3.8, 4) is 0 Å². The maximum absolute atomic E-state index is 13.8. The number of nitrogens with one attached hydrogen (secondary N) is 1. The van der Waals surface area contributed by atoms with Gasteiger partial charge in [0, 0.05) is 5.56 Å². The first-order valence-electron chi connectivity index (χ1n) is 7.99. The molecule has 2 amide bonds. The average Bonchev–Trinajstić information content (AvgIpc) is 2.91. The SMILES string of the molecule is O=C(CN1C(=O)/C(=C/c2ccccc2F)SC1=S)Nc1ccccc1C(=O)O. The molecule has 0 saturated carbocycles. The van der Waals surface area contributed by atoms with Crippen LogP contribution in [-0.4, -0.2) is 38.7 Å². The van der Waals surface area contributed by atoms with Crippen molar-refractivity contribution in [1.29, 1.82) is 0 Å². The summed E-state index contributed by atoms with van der Waals surface area (Å²) in [5.41, 5.74) is 0.288. The molecule has 2 aromatic carbocycles. The van der Waals surface area contributed by atoms with Gasteiger partial charge in [0.05, 0.1) is 16.2 Å². The summed E-state index contributed by atoms with van der Waals surface area (Å²) in [5, 5.41) is 11.6. The fourth-order valence-corrected chi connectivity index (χ4v) is 3.73. The molecule has 28 heavy (non-hydrogen) atoms. The number of thiocarbonyl (C=S) groups is 1. The van der Waals surface area contributed by atoms with Crippen LogP contribution in [-0.2, 0) is 9.59 Å². The number of thioether (sulfide) groups is 1. The Hall–Kier alpha value is -3.04. The number of amides is 2. The van der Waals surface area contributed by atoms with Crippen LogP contribution >= 0.6 is 24.0 Å². The molecule has 0 atom stereocenters. The number of hydrogen-bond acceptors (Lipinski definition) is 5. The van der Waals surface area contributed by atoms with Gasteiger partial charge in [0.2, 0.25) is 5.91 Å². The molecule has 2 aromatic rings. The largest absolute Gasteiger partial charge is 0.478 e. The van der Waals surface area contributed by atoms with Crippen LogP contribution in [0.3, 0.4) is 0 Å². The fourth-order valence-electron chi connectivity index (χ4n) is 2.48. The summed E-state index contributed by atoms with van der Waals surface area (Å²) in [6, 6.07) is 11.9. The van der Waals surface area contributed by atoms with E-state index in [0.29, 0.717) is 0 Å². The molecule has 0 radical (unpaired) electrons. The quantitative estimate of drug-likeness (QED) is 0.574. The van der Waals surface area contributed by atoms with Crippen LogP contribution in [0.2, 0.25) is 0 Å². The molecule has 0 aromatic heterocycles. The van der Waals surface area contributed by atoms with Crippen LogP contribution in [0.4, 0.5) is 10.1 Å². The lowest BCUT2D eigenvalue weighted by Crippen LogP contribution is -2.36. The van der Waals surface area contributed by atoms with E-state index in [1.165, 1.54) is 42.5 Å². The Morgan fingerprint density at radius 1 is 1.18 bits per heavy atom. The van der Waals surface area contributed by atoms with Gasteiger partial charge in [-0.3, -0.25) is 14.5 Å². The normalized spacial score (nSPS) is 15.2. The van der Waals surface area contributed by atoms with Crippen molar-refractivity contribution in [2.75, 3.05) is 11.9 Å². The number of halogens is 1. The molecule has 1 aliphatic heterocycles. The Kier molecular flexibility index (Phi) is 5.86. The number of nitrogens with zero attached hydrogens (tertiary/aromatic N) is 1. The molecule has 1 fully saturated rings. The summed E-state index contributed by atoms with van der Waals surface area (Å²) in [7, 11) is 0. The standard InChI is InChI=1S/C19H13FN2O4S2/c20-13-7-3-1-5-11(13)9-15-17(24)22(19(27)28-15)10-16(23)21-14-8-4-2-6-12(14)18(25)26/h1-9H,10H2,(H,21,23)(H,25,26)/b15-9-. The van der Waals surface area contributed by atoms with E-state index in [0.717, 1.165) is 16.7 Å². The second-order valence-electron chi connectivity index (χ2n) is 5.69. The molecular formula is C19H13FN2O4S2. The summed E-state index contributed by atoms with van der Waals surface area (Å²) in [4.78, 5) is 37.4. The highest BCUT2D eigenvalue weighted by Gasteiger charge is 2.33. The van der Waals surface area contributed by atoms with E-state index in [9.17, 15) is 18.8 Å². The van der Waals surface area contributed by atoms with E-state index in [2.05, 4.69) is 5.32 Å². The lowest BCUT2D eigenvalue weighted by atomic mass is 10.2. The zero-order valence-corrected chi connectivity index (χ0v) is 15.8. The third kappa shape index (κ3) is 4.26. The second-order valence-corrected chi connectivity index (χ2v) is 7.36. The van der Waals surface area contributed by atoms with Crippen molar-refractivity contribution in [3.05, 3.63) is 70.4 Å². The molecule has 2 N–H and O–H groups in total. The van der Waals surface area contributed by atoms with Crippen molar-refractivity contribution in [3.63, 3.8) is 0 Å². The number of carboxylic acid groups (broad SMARTS) is 1. The number of rotatable bonds is 5. The average molecular weight is 416 g/mol. The van der Waals surface area contributed by atoms with E-state index < -0.39 is 23.6 Å². The Balaban J connectivity index is 1.74. The highest BCUT2D eigenvalue weighted by molar-refractivity contribution is 8.26. The maximum Gasteiger partial charge on any atom is 0.337 e. The molecule has 9 heteroatoms. The summed E-state index contributed by atoms with van der Waals surface area (Å²) in [6.07, 6.45) is 1.38. The zero-order valence-electron chi connectivity index (χ0n) is 14.2. The van der Waals surface area contributed by atoms with E-state index in [1.54, 1.807) is 12.1 Å². The van der Waals surface area contributed by atoms with Gasteiger partial charge in [-0.15, -0.1) is 0 Å². The minimum absolute atomic E-state index is 0.0688. The molecule has 6 nitrogen and oxygen atoms in total. The van der Waals surface area contributed by atoms with Crippen molar-refractivity contribution < 1.29 is 23.9 Å². The van der Waals surface area contributed by atoms with Gasteiger partial charge in [0.1, 0.15) is 16.7 Å². The number of carbonyl (C=O) groups is 3. The van der Waals surface area contributed by atoms with Gasteiger partial charge in [0.15, 0.2) is 0 Å². The molecule has 3 rings (SSSR count). The van der Waals surface area contributed by atoms with Crippen LogP contribution in [0, 0.1) is 5.82 Å². The summed E-state index contributed by atoms with van der Waals surface area (Å²) < 4.78 is 14.0. The minimum Gasteiger partial charge on any atom is -0.478 e. The van der Waals surface area contributed by atoms with Crippen molar-refractivity contribution >= 4 is 57.8 Å². The van der Waals surface area contributed by atoms with E-state index >= 15 is 0 Å². The summed E-state index contributed by atoms with van der Waals surface area (Å²) in [6.45, 7) is -0.382. The fraction of sp³-hybridized carbons (Fsp3) is 0.0526. The number of carboxylic acids is 1. The lowest BCUT2D eigenvalue weighted by Gasteiger charge is -2.15. The molecule has 0 spiro atoms. The molecular weight excluding hydrogens is 403 g/mol. The molecule has 1 aliphatic rings. The van der Waals surface area contributed by atoms with E-state index in [4.69, 9.17) is 17.3 Å². The highest BCUT2D eigenvalue weighted by atomic mass is 32.2. The number of carbonyl (C=O) groups excluding carboxylic acids is 2. The van der Waals surface area contributed by atoms with Crippen molar-refractivity contribution in [2.45, 2.75) is 0 Å². The zero-order chi connectivity index (χ0) is 20.3. The molecule has 142 valence electrons. The maximum atomic E-state index is 13.8. The second kappa shape index (κ2) is 8.32. The summed E-state index contributed by atoms with van der Waals surface area (Å²) in [5.74, 6) is -2.78. The monoisotopic (exact) mass is 416 g/mol. The van der Waals surface area contributed by atoms with Crippen LogP contribution in [0.1, 0.15) is 15.9 Å². The number of aromatic carboxylic acids is 1. The first kappa shape index (κ1) is 19.7. The van der Waals surface area contributed by atoms with Crippen LogP contribution in [0.15, 0.2) is 53.4 Å². The van der Waals surface area contributed by atoms with Crippen LogP contribution < -0.4 is 5.32 Å². The number of para-hydroxylation sites is 1. The first-order chi connectivity index (χ1) is 13.4. The molecule has 1 saturated heterocycles. The molecule has 1 heterocycles. The lowest BCUT2D eigenvalue weighted by molar-refractivity contribution is -0.126. The Bertz CT molecular complexity index is 1020. The molecule has 0 unspecified atom stereocenters. The van der Waals surface area contributed by atoms with Crippen molar-refractivity contribution in [2.24, 2.45) is 0 Å². The van der Waals surface area contributed by atoms with Gasteiger partial charge in [-0.25, -0.2) is 9.18 Å². The topological polar surface area (TPSA) is 86.7 Å². The third-order valence-electron chi connectivity index (χ3n) is 3.80. The van der Waals surface area contributed by atoms with Gasteiger partial charge in [-0.2, -0.15) is 0 Å². The number of benzene rings is 2. The Labute approximate surface area is 169 Å². The van der Waals surface area contributed by atoms with E-state index in [-0.39, 0.29) is 32.6 Å². The number of hydrogen-bond donors (Lipinski definition) is 2. The van der Waals surface area contributed by atoms with Gasteiger partial charge in [0.25, 0.3) is 5.91 Å². The van der Waals surface area contributed by atoms with Crippen LogP contribution in [0.5, 0.6) is 0 Å². The van der Waals surface area contributed by atoms with Crippen molar-refractivity contribution in [1.82, 2.24) is 4.90 Å². The predicted molar refractivity (Wildman–Crippen MR) is 108 cm³/mol. The van der Waals surface area contributed by atoms with Gasteiger partial charge < -0.3 is 10.4 Å². The van der Waals surface area contributed by atoms with Gasteiger partial charge in [-0.05, 0) is 24.3 Å². The third-order valence-corrected chi connectivity index (χ3v) is 5.18. The predicted octanol–water partition coefficient (Wildman–Crippen LogP) is 3.36. The van der Waals surface area contributed by atoms with Gasteiger partial charge >= 0.3 is 5.97 Å². The Morgan fingerprint density at radius 3 is 2.57 bits per heavy atom. The van der Waals surface area contributed by atoms with E-state index in [1.807, 2.05) is 0 Å². The molecule has 0 aliphatic carbocycles. The first-order valence-corrected chi connectivity index (χ1v) is 9.21. The summed E-state index contributed by atoms with van der Waals surface area (Å²) >= 11 is 6.12. The minimum atomic E-state index is -1.19. The van der Waals surface area contributed by atoms with Crippen LogP contribution in [0.25, 0.3) is 6.08 Å². The highest BCUT2D eigenvalue weighted by Crippen LogP contribution is 2.32. The Morgan fingerprint density at radius 2 is 1.86 bits per heavy atom. The number of anilines is 1. The van der Waals surface area contributed by atoms with Gasteiger partial charge in [-0.1, -0.05) is 54.3 Å².